The molecule has 64 valence electrons. The highest BCUT2D eigenvalue weighted by atomic mass is 16.4. The normalized spacial score (nSPS) is 13.1. The number of rotatable bonds is 4. The molecule has 4 nitrogen and oxygen atoms in total. The van der Waals surface area contributed by atoms with Gasteiger partial charge in [0.05, 0.1) is 0 Å². The molecule has 0 aromatic rings. The Hall–Kier alpha value is -0.900. The lowest BCUT2D eigenvalue weighted by Crippen LogP contribution is -2.33. The summed E-state index contributed by atoms with van der Waals surface area (Å²) in [6, 6.07) is -1.05. The lowest BCUT2D eigenvalue weighted by molar-refractivity contribution is -0.140. The van der Waals surface area contributed by atoms with E-state index in [2.05, 4.69) is 0 Å². The number of hydrogen-bond acceptors (Lipinski definition) is 3. The molecule has 11 heavy (non-hydrogen) atoms. The molecule has 0 aliphatic carbocycles. The van der Waals surface area contributed by atoms with Crippen molar-refractivity contribution in [1.82, 2.24) is 0 Å². The van der Waals surface area contributed by atoms with Crippen molar-refractivity contribution in [1.29, 1.82) is 0 Å². The Morgan fingerprint density at radius 3 is 2.18 bits per heavy atom. The Bertz CT molecular complexity index is 165. The van der Waals surface area contributed by atoms with Crippen LogP contribution in [0.25, 0.3) is 0 Å². The molecule has 0 saturated heterocycles. The number of carboxylic acids is 1. The van der Waals surface area contributed by atoms with Gasteiger partial charge < -0.3 is 10.8 Å². The summed E-state index contributed by atoms with van der Waals surface area (Å²) in [5.41, 5.74) is 5.13. The van der Waals surface area contributed by atoms with Crippen molar-refractivity contribution in [2.45, 2.75) is 26.3 Å². The van der Waals surface area contributed by atoms with Crippen molar-refractivity contribution in [3.05, 3.63) is 0 Å². The summed E-state index contributed by atoms with van der Waals surface area (Å²) >= 11 is 0. The maximum absolute atomic E-state index is 10.9. The highest BCUT2D eigenvalue weighted by Crippen LogP contribution is 2.00. The minimum absolute atomic E-state index is 0.0764. The number of ketones is 1. The van der Waals surface area contributed by atoms with Crippen molar-refractivity contribution in [2.24, 2.45) is 11.7 Å². The molecule has 4 heteroatoms. The average molecular weight is 159 g/mol. The number of nitrogens with two attached hydrogens (primary N) is 1. The van der Waals surface area contributed by atoms with E-state index in [1.54, 1.807) is 13.8 Å². The highest BCUT2D eigenvalue weighted by molar-refractivity contribution is 5.86. The Morgan fingerprint density at radius 1 is 1.45 bits per heavy atom. The van der Waals surface area contributed by atoms with Gasteiger partial charge >= 0.3 is 5.97 Å². The molecule has 0 saturated carbocycles. The molecule has 0 spiro atoms. The Balaban J connectivity index is 3.85. The first-order chi connectivity index (χ1) is 4.95. The summed E-state index contributed by atoms with van der Waals surface area (Å²) < 4.78 is 0. The zero-order valence-electron chi connectivity index (χ0n) is 6.70. The summed E-state index contributed by atoms with van der Waals surface area (Å²) in [6.07, 6.45) is -0.0764. The van der Waals surface area contributed by atoms with Crippen LogP contribution in [0, 0.1) is 5.92 Å². The molecule has 0 fully saturated rings. The van der Waals surface area contributed by atoms with Crippen molar-refractivity contribution in [3.8, 4) is 0 Å². The molecule has 0 bridgehead atoms. The zero-order chi connectivity index (χ0) is 9.02. The Kier molecular flexibility index (Phi) is 3.74. The van der Waals surface area contributed by atoms with E-state index in [1.165, 1.54) is 0 Å². The fourth-order valence-corrected chi connectivity index (χ4v) is 0.540. The van der Waals surface area contributed by atoms with Gasteiger partial charge in [0, 0.05) is 12.3 Å². The van der Waals surface area contributed by atoms with Crippen LogP contribution in [-0.4, -0.2) is 22.9 Å². The van der Waals surface area contributed by atoms with Crippen molar-refractivity contribution in [2.75, 3.05) is 0 Å². The Labute approximate surface area is 65.4 Å². The first-order valence-electron chi connectivity index (χ1n) is 3.46. The molecule has 0 rings (SSSR count). The van der Waals surface area contributed by atoms with Crippen LogP contribution in [0.15, 0.2) is 0 Å². The smallest absolute Gasteiger partial charge is 0.320 e. The highest BCUT2D eigenvalue weighted by Gasteiger charge is 2.17. The second-order valence-electron chi connectivity index (χ2n) is 2.77. The molecule has 3 N–H and O–H groups in total. The fourth-order valence-electron chi connectivity index (χ4n) is 0.540. The lowest BCUT2D eigenvalue weighted by atomic mass is 10.0. The van der Waals surface area contributed by atoms with Crippen LogP contribution in [0.1, 0.15) is 20.3 Å². The van der Waals surface area contributed by atoms with E-state index in [0.717, 1.165) is 0 Å². The topological polar surface area (TPSA) is 80.4 Å². The van der Waals surface area contributed by atoms with Gasteiger partial charge in [0.2, 0.25) is 0 Å². The largest absolute Gasteiger partial charge is 0.480 e. The number of hydrogen-bond donors (Lipinski definition) is 2. The van der Waals surface area contributed by atoms with E-state index < -0.39 is 12.0 Å². The van der Waals surface area contributed by atoms with Crippen LogP contribution in [-0.2, 0) is 9.59 Å². The van der Waals surface area contributed by atoms with Gasteiger partial charge in [0.1, 0.15) is 11.8 Å². The van der Waals surface area contributed by atoms with E-state index in [9.17, 15) is 9.59 Å². The second kappa shape index (κ2) is 4.08. The zero-order valence-corrected chi connectivity index (χ0v) is 6.70. The minimum atomic E-state index is -1.13. The van der Waals surface area contributed by atoms with Gasteiger partial charge in [-0.3, -0.25) is 9.59 Å². The summed E-state index contributed by atoms with van der Waals surface area (Å²) in [4.78, 5) is 21.1. The number of carbonyl (C=O) groups excluding carboxylic acids is 1. The van der Waals surface area contributed by atoms with Gasteiger partial charge in [0.25, 0.3) is 0 Å². The Morgan fingerprint density at radius 2 is 1.91 bits per heavy atom. The summed E-state index contributed by atoms with van der Waals surface area (Å²) in [6.45, 7) is 3.44. The summed E-state index contributed by atoms with van der Waals surface area (Å²) in [5.74, 6) is -1.38. The molecular weight excluding hydrogens is 146 g/mol. The summed E-state index contributed by atoms with van der Waals surface area (Å²) in [5, 5.41) is 8.34. The van der Waals surface area contributed by atoms with Crippen LogP contribution >= 0.6 is 0 Å². The maximum atomic E-state index is 10.9. The number of aliphatic carboxylic acids is 1. The minimum Gasteiger partial charge on any atom is -0.480 e. The standard InChI is InChI=1S/C7H13NO3/c1-4(2)6(9)3-5(8)7(10)11/h4-5H,3,8H2,1-2H3,(H,10,11)/t5-/m0/s1. The first kappa shape index (κ1) is 10.1. The molecule has 0 amide bonds. The van der Waals surface area contributed by atoms with E-state index in [-0.39, 0.29) is 18.1 Å². The molecule has 0 heterocycles. The second-order valence-corrected chi connectivity index (χ2v) is 2.77. The SMILES string of the molecule is CC(C)C(=O)C[C@H](N)C(=O)O. The van der Waals surface area contributed by atoms with Crippen LogP contribution in [0.2, 0.25) is 0 Å². The quantitative estimate of drug-likeness (QED) is 0.605. The van der Waals surface area contributed by atoms with Crippen molar-refractivity contribution in [3.63, 3.8) is 0 Å². The van der Waals surface area contributed by atoms with Gasteiger partial charge in [-0.1, -0.05) is 13.8 Å². The molecule has 0 unspecified atom stereocenters. The third-order valence-corrected chi connectivity index (χ3v) is 1.38. The van der Waals surface area contributed by atoms with Gasteiger partial charge in [-0.2, -0.15) is 0 Å². The molecular formula is C7H13NO3. The van der Waals surface area contributed by atoms with E-state index in [4.69, 9.17) is 10.8 Å². The molecule has 0 aliphatic rings. The van der Waals surface area contributed by atoms with Crippen molar-refractivity contribution < 1.29 is 14.7 Å². The molecule has 0 aromatic carbocycles. The van der Waals surface area contributed by atoms with Gasteiger partial charge in [0.15, 0.2) is 0 Å². The predicted octanol–water partition coefficient (Wildman–Crippen LogP) is 0.0135. The van der Waals surface area contributed by atoms with Crippen LogP contribution in [0.5, 0.6) is 0 Å². The van der Waals surface area contributed by atoms with E-state index in [1.807, 2.05) is 0 Å². The molecule has 0 aliphatic heterocycles. The van der Waals surface area contributed by atoms with Crippen LogP contribution in [0.4, 0.5) is 0 Å². The first-order valence-corrected chi connectivity index (χ1v) is 3.46. The van der Waals surface area contributed by atoms with Crippen LogP contribution in [0.3, 0.4) is 0 Å². The van der Waals surface area contributed by atoms with Crippen LogP contribution < -0.4 is 5.73 Å². The number of Topliss-reactive ketones (excluding diaryl/α,β-unsaturated/α-hetero) is 1. The maximum Gasteiger partial charge on any atom is 0.320 e. The van der Waals surface area contributed by atoms with Gasteiger partial charge in [-0.25, -0.2) is 0 Å². The number of carboxylic acid groups (broad SMARTS) is 1. The monoisotopic (exact) mass is 159 g/mol. The average Bonchev–Trinajstić information content (AvgIpc) is 1.87. The predicted molar refractivity (Wildman–Crippen MR) is 40.1 cm³/mol. The third-order valence-electron chi connectivity index (χ3n) is 1.38. The molecule has 0 aromatic heterocycles. The lowest BCUT2D eigenvalue weighted by Gasteiger charge is -2.06. The van der Waals surface area contributed by atoms with Crippen molar-refractivity contribution >= 4 is 11.8 Å². The summed E-state index contributed by atoms with van der Waals surface area (Å²) in [7, 11) is 0. The molecule has 1 atom stereocenters. The third kappa shape index (κ3) is 3.72. The number of carbonyl (C=O) groups is 2. The fraction of sp³-hybridized carbons (Fsp3) is 0.714. The van der Waals surface area contributed by atoms with Gasteiger partial charge in [-0.15, -0.1) is 0 Å². The molecule has 0 radical (unpaired) electrons. The van der Waals surface area contributed by atoms with E-state index in [0.29, 0.717) is 0 Å². The van der Waals surface area contributed by atoms with E-state index >= 15 is 0 Å². The van der Waals surface area contributed by atoms with Gasteiger partial charge in [-0.05, 0) is 0 Å².